The van der Waals surface area contributed by atoms with Crippen LogP contribution in [0.15, 0.2) is 67.1 Å². The second-order valence-corrected chi connectivity index (χ2v) is 8.30. The van der Waals surface area contributed by atoms with Gasteiger partial charge in [-0.3, -0.25) is 9.78 Å². The summed E-state index contributed by atoms with van der Waals surface area (Å²) in [6.07, 6.45) is 6.97. The largest absolute Gasteiger partial charge is 0.480 e. The molecular formula is C25H25N5O2. The maximum absolute atomic E-state index is 13.1. The lowest BCUT2D eigenvalue weighted by molar-refractivity contribution is 0.0683. The number of carbonyl (C=O) groups excluding carboxylic acids is 1. The van der Waals surface area contributed by atoms with Crippen molar-refractivity contribution in [2.45, 2.75) is 25.2 Å². The molecule has 1 aliphatic rings. The van der Waals surface area contributed by atoms with E-state index in [0.717, 1.165) is 29.7 Å². The number of amides is 1. The molecule has 0 saturated carbocycles. The predicted molar refractivity (Wildman–Crippen MR) is 121 cm³/mol. The molecule has 0 unspecified atom stereocenters. The molecule has 0 radical (unpaired) electrons. The number of aromatic nitrogens is 4. The van der Waals surface area contributed by atoms with Crippen LogP contribution in [0.3, 0.4) is 0 Å². The predicted octanol–water partition coefficient (Wildman–Crippen LogP) is 3.66. The number of piperidine rings is 1. The summed E-state index contributed by atoms with van der Waals surface area (Å²) in [7, 11) is 1.61. The van der Waals surface area contributed by atoms with E-state index in [1.165, 1.54) is 5.56 Å². The summed E-state index contributed by atoms with van der Waals surface area (Å²) in [6, 6.07) is 16.1. The zero-order chi connectivity index (χ0) is 22.1. The summed E-state index contributed by atoms with van der Waals surface area (Å²) in [5, 5.41) is 4.49. The number of imidazole rings is 1. The highest BCUT2D eigenvalue weighted by Gasteiger charge is 2.41. The molecule has 1 fully saturated rings. The van der Waals surface area contributed by atoms with Gasteiger partial charge in [0.2, 0.25) is 5.88 Å². The molecule has 0 spiro atoms. The van der Waals surface area contributed by atoms with Crippen LogP contribution in [-0.4, -0.2) is 50.6 Å². The van der Waals surface area contributed by atoms with E-state index in [2.05, 4.69) is 34.3 Å². The zero-order valence-electron chi connectivity index (χ0n) is 18.2. The van der Waals surface area contributed by atoms with E-state index in [9.17, 15) is 4.79 Å². The Morgan fingerprint density at radius 1 is 1.06 bits per heavy atom. The molecule has 1 amide bonds. The van der Waals surface area contributed by atoms with Gasteiger partial charge in [0.1, 0.15) is 0 Å². The van der Waals surface area contributed by atoms with E-state index in [-0.39, 0.29) is 11.3 Å². The summed E-state index contributed by atoms with van der Waals surface area (Å²) in [5.41, 5.74) is 4.29. The summed E-state index contributed by atoms with van der Waals surface area (Å²) in [4.78, 5) is 24.1. The second-order valence-electron chi connectivity index (χ2n) is 8.30. The monoisotopic (exact) mass is 427 g/mol. The van der Waals surface area contributed by atoms with Gasteiger partial charge in [-0.05, 0) is 43.0 Å². The number of carbonyl (C=O) groups is 1. The Morgan fingerprint density at radius 3 is 2.56 bits per heavy atom. The summed E-state index contributed by atoms with van der Waals surface area (Å²) in [6.45, 7) is 3.24. The minimum atomic E-state index is -0.288. The number of fused-ring (bicyclic) bond motifs is 1. The molecule has 0 aliphatic carbocycles. The molecule has 0 bridgehead atoms. The van der Waals surface area contributed by atoms with Gasteiger partial charge in [0, 0.05) is 37.0 Å². The van der Waals surface area contributed by atoms with Gasteiger partial charge in [-0.25, -0.2) is 9.50 Å². The van der Waals surface area contributed by atoms with Crippen LogP contribution in [0.4, 0.5) is 0 Å². The van der Waals surface area contributed by atoms with Crippen LogP contribution in [-0.2, 0) is 5.41 Å². The molecule has 4 aromatic rings. The van der Waals surface area contributed by atoms with E-state index in [1.807, 2.05) is 42.3 Å². The van der Waals surface area contributed by atoms with Crippen LogP contribution in [0.5, 0.6) is 5.88 Å². The first-order valence-electron chi connectivity index (χ1n) is 10.8. The van der Waals surface area contributed by atoms with Crippen molar-refractivity contribution in [1.82, 2.24) is 24.5 Å². The first kappa shape index (κ1) is 20.2. The van der Waals surface area contributed by atoms with Gasteiger partial charge < -0.3 is 9.64 Å². The number of benzene rings is 1. The van der Waals surface area contributed by atoms with Crippen LogP contribution in [0.2, 0.25) is 0 Å². The average Bonchev–Trinajstić information content (AvgIpc) is 3.28. The molecule has 7 nitrogen and oxygen atoms in total. The molecule has 7 heteroatoms. The molecule has 0 N–H and O–H groups in total. The lowest BCUT2D eigenvalue weighted by Gasteiger charge is -2.41. The first-order chi connectivity index (χ1) is 15.6. The minimum Gasteiger partial charge on any atom is -0.480 e. The summed E-state index contributed by atoms with van der Waals surface area (Å²) in [5.74, 6) is 0.576. The fraction of sp³-hybridized carbons (Fsp3) is 0.280. The maximum atomic E-state index is 13.1. The van der Waals surface area contributed by atoms with Gasteiger partial charge in [0.05, 0.1) is 24.6 Å². The summed E-state index contributed by atoms with van der Waals surface area (Å²) < 4.78 is 7.04. The van der Waals surface area contributed by atoms with E-state index in [0.29, 0.717) is 24.5 Å². The van der Waals surface area contributed by atoms with Crippen molar-refractivity contribution in [2.75, 3.05) is 20.2 Å². The molecule has 1 aromatic carbocycles. The molecule has 5 rings (SSSR count). The number of pyridine rings is 1. The molecule has 0 atom stereocenters. The number of hydrogen-bond donors (Lipinski definition) is 0. The highest BCUT2D eigenvalue weighted by molar-refractivity contribution is 5.94. The molecule has 1 aliphatic heterocycles. The van der Waals surface area contributed by atoms with Crippen molar-refractivity contribution in [2.24, 2.45) is 0 Å². The number of ether oxygens (including phenoxy) is 1. The third-order valence-electron chi connectivity index (χ3n) is 6.35. The third-order valence-corrected chi connectivity index (χ3v) is 6.35. The molecule has 1 saturated heterocycles. The fourth-order valence-electron chi connectivity index (χ4n) is 4.60. The van der Waals surface area contributed by atoms with Crippen LogP contribution >= 0.6 is 0 Å². The minimum absolute atomic E-state index is 0.0317. The number of aryl methyl sites for hydroxylation is 1. The Morgan fingerprint density at radius 2 is 1.84 bits per heavy atom. The van der Waals surface area contributed by atoms with Crippen molar-refractivity contribution < 1.29 is 9.53 Å². The topological polar surface area (TPSA) is 72.6 Å². The van der Waals surface area contributed by atoms with Gasteiger partial charge in [0.15, 0.2) is 5.65 Å². The van der Waals surface area contributed by atoms with Gasteiger partial charge in [-0.1, -0.05) is 30.3 Å². The number of likely N-dealkylation sites (tertiary alicyclic amines) is 1. The van der Waals surface area contributed by atoms with Crippen LogP contribution in [0, 0.1) is 6.92 Å². The van der Waals surface area contributed by atoms with Crippen LogP contribution < -0.4 is 4.74 Å². The normalized spacial score (nSPS) is 15.6. The van der Waals surface area contributed by atoms with E-state index in [1.54, 1.807) is 24.0 Å². The Balaban J connectivity index is 1.49. The lowest BCUT2D eigenvalue weighted by Crippen LogP contribution is -2.46. The van der Waals surface area contributed by atoms with Crippen molar-refractivity contribution in [3.63, 3.8) is 0 Å². The summed E-state index contributed by atoms with van der Waals surface area (Å²) >= 11 is 0. The zero-order valence-corrected chi connectivity index (χ0v) is 18.2. The van der Waals surface area contributed by atoms with Gasteiger partial charge in [-0.2, -0.15) is 0 Å². The molecule has 32 heavy (non-hydrogen) atoms. The number of hydrogen-bond acceptors (Lipinski definition) is 5. The van der Waals surface area contributed by atoms with Crippen molar-refractivity contribution in [3.8, 4) is 5.88 Å². The molecular weight excluding hydrogens is 402 g/mol. The SMILES string of the molecule is COc1ccc2nc(C3(c4ccccc4)CCN(C(=O)c4cncc(C)c4)CC3)cn2n1. The van der Waals surface area contributed by atoms with Gasteiger partial charge in [0.25, 0.3) is 5.91 Å². The van der Waals surface area contributed by atoms with E-state index >= 15 is 0 Å². The fourth-order valence-corrected chi connectivity index (χ4v) is 4.60. The highest BCUT2D eigenvalue weighted by atomic mass is 16.5. The first-order valence-corrected chi connectivity index (χ1v) is 10.8. The quantitative estimate of drug-likeness (QED) is 0.497. The number of nitrogens with zero attached hydrogens (tertiary/aromatic N) is 5. The van der Waals surface area contributed by atoms with E-state index < -0.39 is 0 Å². The smallest absolute Gasteiger partial charge is 0.255 e. The van der Waals surface area contributed by atoms with Gasteiger partial charge >= 0.3 is 0 Å². The van der Waals surface area contributed by atoms with Crippen molar-refractivity contribution in [1.29, 1.82) is 0 Å². The third kappa shape index (κ3) is 3.49. The van der Waals surface area contributed by atoms with E-state index in [4.69, 9.17) is 9.72 Å². The Bertz CT molecular complexity index is 1260. The molecule has 3 aromatic heterocycles. The lowest BCUT2D eigenvalue weighted by atomic mass is 9.70. The Kier molecular flexibility index (Phi) is 5.09. The standard InChI is InChI=1S/C25H25N5O2/c1-18-14-19(16-26-15-18)24(31)29-12-10-25(11-13-29,20-6-4-3-5-7-20)21-17-30-22(27-21)8-9-23(28-30)32-2/h3-9,14-17H,10-13H2,1-2H3. The van der Waals surface area contributed by atoms with Crippen molar-refractivity contribution in [3.05, 3.63) is 89.5 Å². The highest BCUT2D eigenvalue weighted by Crippen LogP contribution is 2.41. The molecule has 4 heterocycles. The Hall–Kier alpha value is -3.74. The maximum Gasteiger partial charge on any atom is 0.255 e. The van der Waals surface area contributed by atoms with Crippen LogP contribution in [0.25, 0.3) is 5.65 Å². The number of rotatable bonds is 4. The number of methoxy groups -OCH3 is 1. The van der Waals surface area contributed by atoms with Crippen molar-refractivity contribution >= 4 is 11.6 Å². The average molecular weight is 428 g/mol. The van der Waals surface area contributed by atoms with Gasteiger partial charge in [-0.15, -0.1) is 5.10 Å². The van der Waals surface area contributed by atoms with Crippen LogP contribution in [0.1, 0.15) is 40.0 Å². The Labute approximate surface area is 186 Å². The molecule has 162 valence electrons. The second kappa shape index (κ2) is 8.07.